The lowest BCUT2D eigenvalue weighted by atomic mass is 9.82. The molecule has 0 N–H and O–H groups in total. The van der Waals surface area contributed by atoms with Crippen LogP contribution >= 0.6 is 0 Å². The summed E-state index contributed by atoms with van der Waals surface area (Å²) in [6.45, 7) is 14.4. The van der Waals surface area contributed by atoms with Crippen molar-refractivity contribution in [1.29, 1.82) is 0 Å². The van der Waals surface area contributed by atoms with Gasteiger partial charge >= 0.3 is 0 Å². The predicted octanol–water partition coefficient (Wildman–Crippen LogP) is 10.2. The Kier molecular flexibility index (Phi) is 16.3. The van der Waals surface area contributed by atoms with Crippen LogP contribution in [0.4, 0.5) is 0 Å². The van der Waals surface area contributed by atoms with Gasteiger partial charge in [-0.15, -0.1) is 0 Å². The molecule has 0 radical (unpaired) electrons. The van der Waals surface area contributed by atoms with Gasteiger partial charge in [-0.3, -0.25) is 0 Å². The number of carbonyl (C=O) groups is 1. The number of aldehydes is 1. The van der Waals surface area contributed by atoms with Crippen molar-refractivity contribution in [2.45, 2.75) is 80.1 Å². The van der Waals surface area contributed by atoms with Crippen molar-refractivity contribution < 1.29 is 4.79 Å². The Hall–Kier alpha value is -3.19. The summed E-state index contributed by atoms with van der Waals surface area (Å²) in [6.07, 6.45) is 9.48. The van der Waals surface area contributed by atoms with Crippen LogP contribution in [-0.2, 0) is 17.6 Å². The molecule has 1 aliphatic rings. The van der Waals surface area contributed by atoms with Gasteiger partial charge in [-0.1, -0.05) is 151 Å². The number of hydrogen-bond acceptors (Lipinski definition) is 1. The Morgan fingerprint density at radius 2 is 1.19 bits per heavy atom. The van der Waals surface area contributed by atoms with E-state index >= 15 is 0 Å². The first-order chi connectivity index (χ1) is 18.1. The molecule has 0 amide bonds. The molecule has 198 valence electrons. The molecule has 0 aromatic heterocycles. The first-order valence-corrected chi connectivity index (χ1v) is 14.1. The van der Waals surface area contributed by atoms with Gasteiger partial charge in [0.2, 0.25) is 0 Å². The Labute approximate surface area is 227 Å². The smallest absolute Gasteiger partial charge is 0.119 e. The van der Waals surface area contributed by atoms with Crippen LogP contribution in [0.15, 0.2) is 108 Å². The predicted molar refractivity (Wildman–Crippen MR) is 163 cm³/mol. The molecule has 37 heavy (non-hydrogen) atoms. The van der Waals surface area contributed by atoms with E-state index in [4.69, 9.17) is 0 Å². The molecule has 0 saturated carbocycles. The molecule has 0 bridgehead atoms. The second-order valence-electron chi connectivity index (χ2n) is 9.07. The molecule has 0 heterocycles. The van der Waals surface area contributed by atoms with Gasteiger partial charge in [-0.2, -0.15) is 0 Å². The summed E-state index contributed by atoms with van der Waals surface area (Å²) >= 11 is 0. The van der Waals surface area contributed by atoms with E-state index in [0.717, 1.165) is 25.5 Å². The summed E-state index contributed by atoms with van der Waals surface area (Å²) in [5, 5.41) is 0. The Bertz CT molecular complexity index is 1040. The normalized spacial score (nSPS) is 12.4. The fraction of sp³-hybridized carbons (Fsp3) is 0.361. The summed E-state index contributed by atoms with van der Waals surface area (Å²) in [5.74, 6) is 1.03. The highest BCUT2D eigenvalue weighted by Gasteiger charge is 2.18. The minimum atomic E-state index is 0.454. The van der Waals surface area contributed by atoms with Gasteiger partial charge in [0.1, 0.15) is 6.29 Å². The molecule has 3 aromatic rings. The van der Waals surface area contributed by atoms with Gasteiger partial charge in [-0.05, 0) is 53.0 Å². The van der Waals surface area contributed by atoms with Gasteiger partial charge in [-0.25, -0.2) is 0 Å². The van der Waals surface area contributed by atoms with Gasteiger partial charge in [0, 0.05) is 12.3 Å². The zero-order chi connectivity index (χ0) is 27.5. The highest BCUT2D eigenvalue weighted by atomic mass is 16.1. The van der Waals surface area contributed by atoms with Crippen LogP contribution in [0.1, 0.15) is 89.5 Å². The second-order valence-corrected chi connectivity index (χ2v) is 9.07. The van der Waals surface area contributed by atoms with Crippen LogP contribution in [0.25, 0.3) is 0 Å². The van der Waals surface area contributed by atoms with E-state index in [2.05, 4.69) is 111 Å². The summed E-state index contributed by atoms with van der Waals surface area (Å²) in [6, 6.07) is 31.0. The van der Waals surface area contributed by atoms with E-state index < -0.39 is 0 Å². The van der Waals surface area contributed by atoms with Crippen molar-refractivity contribution in [1.82, 2.24) is 0 Å². The largest absolute Gasteiger partial charge is 0.303 e. The summed E-state index contributed by atoms with van der Waals surface area (Å²) < 4.78 is 0. The zero-order valence-corrected chi connectivity index (χ0v) is 24.2. The van der Waals surface area contributed by atoms with Gasteiger partial charge < -0.3 is 4.79 Å². The SMILES string of the molecule is CC.CC.CC(C)C(c1ccccc1)c1ccc(CC2=CC(Cc3ccccc3)=CC2)cc1.CCC=O. The second kappa shape index (κ2) is 19.0. The zero-order valence-electron chi connectivity index (χ0n) is 24.2. The van der Waals surface area contributed by atoms with Crippen LogP contribution in [-0.4, -0.2) is 6.29 Å². The third kappa shape index (κ3) is 11.2. The molecule has 1 aliphatic carbocycles. The van der Waals surface area contributed by atoms with E-state index in [1.807, 2.05) is 34.6 Å². The molecule has 3 aromatic carbocycles. The van der Waals surface area contributed by atoms with E-state index in [1.54, 1.807) is 0 Å². The monoisotopic (exact) mass is 496 g/mol. The number of rotatable bonds is 8. The Morgan fingerprint density at radius 1 is 0.703 bits per heavy atom. The number of allylic oxidation sites excluding steroid dienone is 4. The maximum Gasteiger partial charge on any atom is 0.119 e. The molecular formula is C36H48O. The average molecular weight is 497 g/mol. The van der Waals surface area contributed by atoms with Crippen molar-refractivity contribution in [2.24, 2.45) is 5.92 Å². The average Bonchev–Trinajstić information content (AvgIpc) is 3.39. The lowest BCUT2D eigenvalue weighted by Gasteiger charge is -2.22. The third-order valence-electron chi connectivity index (χ3n) is 6.03. The maximum atomic E-state index is 9.17. The molecule has 0 aliphatic heterocycles. The third-order valence-corrected chi connectivity index (χ3v) is 6.03. The van der Waals surface area contributed by atoms with Crippen molar-refractivity contribution >= 4 is 6.29 Å². The van der Waals surface area contributed by atoms with E-state index in [1.165, 1.54) is 33.4 Å². The molecule has 1 heteroatoms. The van der Waals surface area contributed by atoms with E-state index in [0.29, 0.717) is 18.3 Å². The van der Waals surface area contributed by atoms with Crippen molar-refractivity contribution in [3.8, 4) is 0 Å². The lowest BCUT2D eigenvalue weighted by Crippen LogP contribution is -2.08. The van der Waals surface area contributed by atoms with Crippen molar-refractivity contribution in [3.63, 3.8) is 0 Å². The van der Waals surface area contributed by atoms with Crippen molar-refractivity contribution in [3.05, 3.63) is 130 Å². The fourth-order valence-electron chi connectivity index (χ4n) is 4.45. The van der Waals surface area contributed by atoms with E-state index in [-0.39, 0.29) is 0 Å². The quantitative estimate of drug-likeness (QED) is 0.283. The van der Waals surface area contributed by atoms with Crippen LogP contribution in [0, 0.1) is 5.92 Å². The first kappa shape index (κ1) is 31.8. The topological polar surface area (TPSA) is 17.1 Å². The molecule has 1 unspecified atom stereocenters. The van der Waals surface area contributed by atoms with Gasteiger partial charge in [0.05, 0.1) is 0 Å². The highest BCUT2D eigenvalue weighted by Crippen LogP contribution is 2.32. The fourth-order valence-corrected chi connectivity index (χ4v) is 4.45. The Morgan fingerprint density at radius 3 is 1.70 bits per heavy atom. The van der Waals surface area contributed by atoms with Crippen LogP contribution in [0.3, 0.4) is 0 Å². The van der Waals surface area contributed by atoms with Crippen LogP contribution in [0.2, 0.25) is 0 Å². The van der Waals surface area contributed by atoms with Gasteiger partial charge in [0.25, 0.3) is 0 Å². The van der Waals surface area contributed by atoms with Crippen molar-refractivity contribution in [2.75, 3.05) is 0 Å². The minimum Gasteiger partial charge on any atom is -0.303 e. The molecule has 4 rings (SSSR count). The molecule has 0 fully saturated rings. The minimum absolute atomic E-state index is 0.454. The van der Waals surface area contributed by atoms with Gasteiger partial charge in [0.15, 0.2) is 0 Å². The highest BCUT2D eigenvalue weighted by molar-refractivity contribution is 5.48. The molecule has 0 spiro atoms. The lowest BCUT2D eigenvalue weighted by molar-refractivity contribution is -0.107. The summed E-state index contributed by atoms with van der Waals surface area (Å²) in [7, 11) is 0. The standard InChI is InChI=1S/C29H30.C3H6O.2C2H6/c1-22(2)29(27-11-7-4-8-12-27)28-17-15-24(16-18-28)20-26-14-13-25(21-26)19-23-9-5-3-6-10-23;1-2-3-4;2*1-2/h3-13,15-18,21-22,29H,14,19-20H2,1-2H3;3H,2H2,1H3;2*1-2H3. The Balaban J connectivity index is 0.000000767. The summed E-state index contributed by atoms with van der Waals surface area (Å²) in [5.41, 5.74) is 8.59. The van der Waals surface area contributed by atoms with E-state index in [9.17, 15) is 4.79 Å². The molecular weight excluding hydrogens is 448 g/mol. The van der Waals surface area contributed by atoms with Crippen LogP contribution in [0.5, 0.6) is 0 Å². The number of benzene rings is 3. The number of hydrogen-bond donors (Lipinski definition) is 0. The molecule has 1 atom stereocenters. The maximum absolute atomic E-state index is 9.17. The summed E-state index contributed by atoms with van der Waals surface area (Å²) in [4.78, 5) is 9.17. The van der Waals surface area contributed by atoms with Crippen LogP contribution < -0.4 is 0 Å². The number of carbonyl (C=O) groups excluding carboxylic acids is 1. The molecule has 1 nitrogen and oxygen atoms in total. The molecule has 0 saturated heterocycles. The first-order valence-electron chi connectivity index (χ1n) is 14.1.